The number of rotatable bonds is 8. The third kappa shape index (κ3) is 4.66. The molecule has 7 heteroatoms. The van der Waals surface area contributed by atoms with Crippen LogP contribution in [0.15, 0.2) is 41.8 Å². The average molecular weight is 324 g/mol. The van der Waals surface area contributed by atoms with Crippen LogP contribution in [0.4, 0.5) is 5.69 Å². The second-order valence-corrected chi connectivity index (χ2v) is 6.89. The van der Waals surface area contributed by atoms with Crippen LogP contribution in [0.25, 0.3) is 0 Å². The summed E-state index contributed by atoms with van der Waals surface area (Å²) in [6.45, 7) is 5.44. The molecule has 6 nitrogen and oxygen atoms in total. The number of sulfonamides is 1. The first kappa shape index (κ1) is 16.7. The van der Waals surface area contributed by atoms with Crippen molar-refractivity contribution >= 4 is 21.6 Å². The summed E-state index contributed by atoms with van der Waals surface area (Å²) >= 11 is 0. The number of amides is 1. The van der Waals surface area contributed by atoms with Gasteiger partial charge in [-0.3, -0.25) is 4.79 Å². The normalized spacial score (nSPS) is 16.0. The van der Waals surface area contributed by atoms with E-state index < -0.39 is 16.1 Å². The minimum atomic E-state index is -3.47. The molecular formula is C15H20N2O4S. The fourth-order valence-electron chi connectivity index (χ4n) is 1.74. The summed E-state index contributed by atoms with van der Waals surface area (Å²) in [5.74, 6) is -0.298. The van der Waals surface area contributed by atoms with Crippen molar-refractivity contribution in [2.75, 3.05) is 11.9 Å². The van der Waals surface area contributed by atoms with Gasteiger partial charge in [0.1, 0.15) is 6.10 Å². The molecule has 1 saturated carbocycles. The van der Waals surface area contributed by atoms with Crippen molar-refractivity contribution in [2.45, 2.75) is 36.8 Å². The highest BCUT2D eigenvalue weighted by atomic mass is 32.2. The predicted molar refractivity (Wildman–Crippen MR) is 84.0 cm³/mol. The number of carbonyl (C=O) groups is 1. The number of carbonyl (C=O) groups excluding carboxylic acids is 1. The first-order chi connectivity index (χ1) is 10.4. The maximum Gasteiger partial charge on any atom is 0.253 e. The standard InChI is InChI=1S/C15H20N2O4S/c1-3-10-21-11(2)15(18)16-12-6-8-14(9-7-12)22(19,20)17-13-4-5-13/h3,6-9,11,13,17H,1,4-5,10H2,2H3,(H,16,18)/t11-/m1/s1. The Balaban J connectivity index is 1.96. The van der Waals surface area contributed by atoms with Gasteiger partial charge in [0.05, 0.1) is 11.5 Å². The highest BCUT2D eigenvalue weighted by molar-refractivity contribution is 7.89. The smallest absolute Gasteiger partial charge is 0.253 e. The van der Waals surface area contributed by atoms with Gasteiger partial charge in [0.15, 0.2) is 0 Å². The number of ether oxygens (including phenoxy) is 1. The van der Waals surface area contributed by atoms with E-state index >= 15 is 0 Å². The van der Waals surface area contributed by atoms with Crippen molar-refractivity contribution in [1.82, 2.24) is 4.72 Å². The molecule has 0 unspecified atom stereocenters. The Bertz CT molecular complexity index is 636. The Morgan fingerprint density at radius 2 is 2.05 bits per heavy atom. The van der Waals surface area contributed by atoms with Crippen molar-refractivity contribution in [3.05, 3.63) is 36.9 Å². The molecule has 0 radical (unpaired) electrons. The molecule has 1 amide bonds. The van der Waals surface area contributed by atoms with Crippen molar-refractivity contribution in [1.29, 1.82) is 0 Å². The van der Waals surface area contributed by atoms with Gasteiger partial charge in [0, 0.05) is 11.7 Å². The number of benzene rings is 1. The van der Waals surface area contributed by atoms with Crippen molar-refractivity contribution in [2.24, 2.45) is 0 Å². The van der Waals surface area contributed by atoms with Crippen molar-refractivity contribution in [3.63, 3.8) is 0 Å². The van der Waals surface area contributed by atoms with Crippen LogP contribution in [0.2, 0.25) is 0 Å². The van der Waals surface area contributed by atoms with Crippen LogP contribution in [0, 0.1) is 0 Å². The highest BCUT2D eigenvalue weighted by Crippen LogP contribution is 2.22. The van der Waals surface area contributed by atoms with Crippen LogP contribution in [0.5, 0.6) is 0 Å². The second kappa shape index (κ2) is 7.04. The lowest BCUT2D eigenvalue weighted by atomic mass is 10.3. The van der Waals surface area contributed by atoms with Crippen LogP contribution >= 0.6 is 0 Å². The Labute approximate surface area is 130 Å². The van der Waals surface area contributed by atoms with Crippen LogP contribution in [-0.2, 0) is 19.6 Å². The first-order valence-corrected chi connectivity index (χ1v) is 8.56. The minimum Gasteiger partial charge on any atom is -0.365 e. The van der Waals surface area contributed by atoms with Gasteiger partial charge in [-0.2, -0.15) is 0 Å². The highest BCUT2D eigenvalue weighted by Gasteiger charge is 2.27. The summed E-state index contributed by atoms with van der Waals surface area (Å²) in [6, 6.07) is 6.11. The quantitative estimate of drug-likeness (QED) is 0.712. The lowest BCUT2D eigenvalue weighted by Gasteiger charge is -2.12. The van der Waals surface area contributed by atoms with Crippen molar-refractivity contribution in [3.8, 4) is 0 Å². The first-order valence-electron chi connectivity index (χ1n) is 7.08. The molecule has 0 heterocycles. The molecule has 0 bridgehead atoms. The van der Waals surface area contributed by atoms with Crippen LogP contribution in [0.3, 0.4) is 0 Å². The average Bonchev–Trinajstić information content (AvgIpc) is 3.28. The second-order valence-electron chi connectivity index (χ2n) is 5.17. The van der Waals surface area contributed by atoms with Gasteiger partial charge < -0.3 is 10.1 Å². The van der Waals surface area contributed by atoms with Crippen LogP contribution in [0.1, 0.15) is 19.8 Å². The van der Waals surface area contributed by atoms with E-state index in [0.29, 0.717) is 12.3 Å². The largest absolute Gasteiger partial charge is 0.365 e. The van der Waals surface area contributed by atoms with E-state index in [2.05, 4.69) is 16.6 Å². The molecular weight excluding hydrogens is 304 g/mol. The van der Waals surface area contributed by atoms with Gasteiger partial charge in [-0.25, -0.2) is 13.1 Å². The Morgan fingerprint density at radius 1 is 1.41 bits per heavy atom. The molecule has 0 aromatic heterocycles. The molecule has 22 heavy (non-hydrogen) atoms. The zero-order valence-corrected chi connectivity index (χ0v) is 13.2. The van der Waals surface area contributed by atoms with E-state index in [0.717, 1.165) is 12.8 Å². The van der Waals surface area contributed by atoms with Gasteiger partial charge in [0.2, 0.25) is 10.0 Å². The molecule has 1 fully saturated rings. The minimum absolute atomic E-state index is 0.0623. The Morgan fingerprint density at radius 3 is 2.59 bits per heavy atom. The molecule has 120 valence electrons. The predicted octanol–water partition coefficient (Wildman–Crippen LogP) is 1.66. The van der Waals surface area contributed by atoms with Gasteiger partial charge in [-0.05, 0) is 44.0 Å². The fourth-order valence-corrected chi connectivity index (χ4v) is 3.04. The zero-order chi connectivity index (χ0) is 16.2. The maximum absolute atomic E-state index is 12.0. The summed E-state index contributed by atoms with van der Waals surface area (Å²) in [5.41, 5.74) is 0.518. The summed E-state index contributed by atoms with van der Waals surface area (Å²) in [4.78, 5) is 12.0. The number of hydrogen-bond acceptors (Lipinski definition) is 4. The van der Waals surface area contributed by atoms with Gasteiger partial charge in [-0.15, -0.1) is 6.58 Å². The van der Waals surface area contributed by atoms with Gasteiger partial charge in [0.25, 0.3) is 5.91 Å². The lowest BCUT2D eigenvalue weighted by molar-refractivity contribution is -0.125. The van der Waals surface area contributed by atoms with E-state index in [4.69, 9.17) is 4.74 Å². The molecule has 1 aromatic rings. The van der Waals surface area contributed by atoms with Crippen LogP contribution in [-0.4, -0.2) is 33.1 Å². The van der Waals surface area contributed by atoms with Gasteiger partial charge >= 0.3 is 0 Å². The lowest BCUT2D eigenvalue weighted by Crippen LogP contribution is -2.28. The third-order valence-corrected chi connectivity index (χ3v) is 4.70. The summed E-state index contributed by atoms with van der Waals surface area (Å²) in [6.07, 6.45) is 2.72. The molecule has 2 N–H and O–H groups in total. The zero-order valence-electron chi connectivity index (χ0n) is 12.4. The summed E-state index contributed by atoms with van der Waals surface area (Å²) in [7, 11) is -3.47. The summed E-state index contributed by atoms with van der Waals surface area (Å²) in [5, 5.41) is 2.67. The molecule has 2 rings (SSSR count). The maximum atomic E-state index is 12.0. The number of anilines is 1. The molecule has 1 atom stereocenters. The van der Waals surface area contributed by atoms with E-state index in [1.54, 1.807) is 25.1 Å². The SMILES string of the molecule is C=CCO[C@H](C)C(=O)Nc1ccc(S(=O)(=O)NC2CC2)cc1. The molecule has 1 aromatic carbocycles. The topological polar surface area (TPSA) is 84.5 Å². The Kier molecular flexibility index (Phi) is 5.33. The van der Waals surface area contributed by atoms with E-state index in [9.17, 15) is 13.2 Å². The molecule has 1 aliphatic carbocycles. The van der Waals surface area contributed by atoms with Gasteiger partial charge in [-0.1, -0.05) is 6.08 Å². The summed E-state index contributed by atoms with van der Waals surface area (Å²) < 4.78 is 31.9. The van der Waals surface area contributed by atoms with E-state index in [1.807, 2.05) is 0 Å². The number of hydrogen-bond donors (Lipinski definition) is 2. The van der Waals surface area contributed by atoms with Crippen LogP contribution < -0.4 is 10.0 Å². The number of nitrogens with one attached hydrogen (secondary N) is 2. The molecule has 0 aliphatic heterocycles. The fraction of sp³-hybridized carbons (Fsp3) is 0.400. The molecule has 0 spiro atoms. The monoisotopic (exact) mass is 324 g/mol. The Hall–Kier alpha value is -1.70. The third-order valence-electron chi connectivity index (χ3n) is 3.16. The molecule has 0 saturated heterocycles. The van der Waals surface area contributed by atoms with Crippen molar-refractivity contribution < 1.29 is 17.9 Å². The molecule has 1 aliphatic rings. The van der Waals surface area contributed by atoms with E-state index in [-0.39, 0.29) is 16.8 Å². The van der Waals surface area contributed by atoms with E-state index in [1.165, 1.54) is 12.1 Å².